The summed E-state index contributed by atoms with van der Waals surface area (Å²) in [5.41, 5.74) is -0.367. The van der Waals surface area contributed by atoms with Crippen LogP contribution in [-0.2, 0) is 9.68 Å². The van der Waals surface area contributed by atoms with Gasteiger partial charge in [0.15, 0.2) is 0 Å². The van der Waals surface area contributed by atoms with E-state index in [1.807, 2.05) is 0 Å². The lowest BCUT2D eigenvalue weighted by Crippen LogP contribution is -2.64. The van der Waals surface area contributed by atoms with Crippen LogP contribution in [0.1, 0.15) is 200 Å². The van der Waals surface area contributed by atoms with Gasteiger partial charge in [0.05, 0.1) is 13.2 Å². The van der Waals surface area contributed by atoms with Gasteiger partial charge in [0, 0.05) is 67.0 Å². The molecule has 0 saturated carbocycles. The second-order valence-electron chi connectivity index (χ2n) is 20.6. The van der Waals surface area contributed by atoms with Crippen molar-refractivity contribution in [2.75, 3.05) is 74.2 Å². The summed E-state index contributed by atoms with van der Waals surface area (Å²) in [6, 6.07) is 0.769. The first kappa shape index (κ1) is 51.6. The van der Waals surface area contributed by atoms with Crippen molar-refractivity contribution in [1.82, 2.24) is 30.0 Å². The van der Waals surface area contributed by atoms with Crippen molar-refractivity contribution in [3.63, 3.8) is 0 Å². The molecule has 2 aliphatic rings. The van der Waals surface area contributed by atoms with E-state index in [0.29, 0.717) is 6.04 Å². The molecule has 3 rings (SSSR count). The van der Waals surface area contributed by atoms with Crippen molar-refractivity contribution in [2.45, 2.75) is 234 Å². The molecule has 0 aromatic carbocycles. The molecular formula is C48H95N9O2. The van der Waals surface area contributed by atoms with Crippen molar-refractivity contribution in [1.29, 1.82) is 0 Å². The number of nitrogens with zero attached hydrogens (tertiary/aromatic N) is 9. The molecule has 0 aliphatic carbocycles. The van der Waals surface area contributed by atoms with E-state index in [2.05, 4.69) is 134 Å². The Bertz CT molecular complexity index is 1230. The third-order valence-electron chi connectivity index (χ3n) is 12.8. The minimum Gasteiger partial charge on any atom is -0.341 e. The highest BCUT2D eigenvalue weighted by molar-refractivity contribution is 5.47. The summed E-state index contributed by atoms with van der Waals surface area (Å²) < 4.78 is 0. The maximum Gasteiger partial charge on any atom is 0.232 e. The number of rotatable bonds is 28. The third kappa shape index (κ3) is 14.9. The number of anilines is 3. The molecule has 0 spiro atoms. The average Bonchev–Trinajstić information content (AvgIpc) is 3.16. The van der Waals surface area contributed by atoms with E-state index in [-0.39, 0.29) is 28.2 Å². The Morgan fingerprint density at radius 2 is 0.797 bits per heavy atom. The number of hydrogen-bond donors (Lipinski definition) is 0. The summed E-state index contributed by atoms with van der Waals surface area (Å²) >= 11 is 0. The van der Waals surface area contributed by atoms with E-state index < -0.39 is 0 Å². The van der Waals surface area contributed by atoms with Crippen molar-refractivity contribution < 1.29 is 9.68 Å². The second-order valence-corrected chi connectivity index (χ2v) is 20.6. The van der Waals surface area contributed by atoms with Crippen LogP contribution in [-0.4, -0.2) is 124 Å². The van der Waals surface area contributed by atoms with Crippen molar-refractivity contribution >= 4 is 17.8 Å². The van der Waals surface area contributed by atoms with Gasteiger partial charge in [-0.1, -0.05) is 67.2 Å². The van der Waals surface area contributed by atoms with Crippen LogP contribution in [0.15, 0.2) is 0 Å². The largest absolute Gasteiger partial charge is 0.341 e. The van der Waals surface area contributed by atoms with Gasteiger partial charge in [0.25, 0.3) is 0 Å². The maximum atomic E-state index is 6.53. The van der Waals surface area contributed by atoms with Crippen molar-refractivity contribution in [3.05, 3.63) is 0 Å². The third-order valence-corrected chi connectivity index (χ3v) is 12.8. The predicted octanol–water partition coefficient (Wildman–Crippen LogP) is 10.9. The first-order valence-corrected chi connectivity index (χ1v) is 24.5. The molecule has 11 nitrogen and oxygen atoms in total. The van der Waals surface area contributed by atoms with Gasteiger partial charge in [-0.05, 0) is 146 Å². The Balaban J connectivity index is 2.03. The maximum absolute atomic E-state index is 6.53. The average molecular weight is 830 g/mol. The molecule has 2 aliphatic heterocycles. The number of hydrogen-bond acceptors (Lipinski definition) is 11. The van der Waals surface area contributed by atoms with E-state index in [0.717, 1.165) is 173 Å². The lowest BCUT2D eigenvalue weighted by molar-refractivity contribution is -0.287. The number of unbranched alkanes of at least 4 members (excludes halogenated alkanes) is 5. The summed E-state index contributed by atoms with van der Waals surface area (Å²) in [6.45, 7) is 39.8. The lowest BCUT2D eigenvalue weighted by atomic mass is 9.78. The molecule has 2 saturated heterocycles. The van der Waals surface area contributed by atoms with Crippen LogP contribution in [0.2, 0.25) is 0 Å². The van der Waals surface area contributed by atoms with Gasteiger partial charge in [0.1, 0.15) is 0 Å². The summed E-state index contributed by atoms with van der Waals surface area (Å²) in [7, 11) is 2.35. The monoisotopic (exact) mass is 830 g/mol. The summed E-state index contributed by atoms with van der Waals surface area (Å²) in [5.74, 6) is 2.57. The van der Waals surface area contributed by atoms with E-state index in [1.165, 1.54) is 0 Å². The molecule has 0 unspecified atom stereocenters. The summed E-state index contributed by atoms with van der Waals surface area (Å²) in [6.07, 6.45) is 17.5. The van der Waals surface area contributed by atoms with Gasteiger partial charge in [0.2, 0.25) is 17.8 Å². The van der Waals surface area contributed by atoms with Gasteiger partial charge >= 0.3 is 0 Å². The smallest absolute Gasteiger partial charge is 0.232 e. The van der Waals surface area contributed by atoms with Crippen LogP contribution in [0.3, 0.4) is 0 Å². The van der Waals surface area contributed by atoms with E-state index in [4.69, 9.17) is 24.6 Å². The summed E-state index contributed by atoms with van der Waals surface area (Å²) in [4.78, 5) is 39.4. The molecule has 0 bridgehead atoms. The fraction of sp³-hybridized carbons (Fsp3) is 0.938. The van der Waals surface area contributed by atoms with E-state index in [1.54, 1.807) is 0 Å². The SMILES string of the molecule is CCCCN(CCCC)c1nc(N(CCCC)CCCC)nc(N(CCCCN(C)C2CC(C)(C)N(OCCC)C(C)(C)C2)C2CC(C)(C)N(OCCC)C(C)(C)C2)n1. The van der Waals surface area contributed by atoms with E-state index in [9.17, 15) is 0 Å². The molecule has 1 aromatic heterocycles. The molecular weight excluding hydrogens is 735 g/mol. The second kappa shape index (κ2) is 24.2. The van der Waals surface area contributed by atoms with Gasteiger partial charge in [-0.2, -0.15) is 25.1 Å². The van der Waals surface area contributed by atoms with E-state index >= 15 is 0 Å². The Morgan fingerprint density at radius 1 is 0.458 bits per heavy atom. The molecule has 0 radical (unpaired) electrons. The van der Waals surface area contributed by atoms with Crippen LogP contribution in [0.5, 0.6) is 0 Å². The quantitative estimate of drug-likeness (QED) is 0.0758. The molecule has 0 atom stereocenters. The minimum absolute atomic E-state index is 0.0274. The minimum atomic E-state index is -0.156. The van der Waals surface area contributed by atoms with Gasteiger partial charge < -0.3 is 19.6 Å². The molecule has 11 heteroatoms. The molecule has 0 amide bonds. The fourth-order valence-electron chi connectivity index (χ4n) is 10.1. The van der Waals surface area contributed by atoms with Crippen LogP contribution in [0, 0.1) is 0 Å². The number of piperidine rings is 2. The van der Waals surface area contributed by atoms with Gasteiger partial charge in [-0.3, -0.25) is 9.68 Å². The molecule has 2 fully saturated rings. The zero-order chi connectivity index (χ0) is 43.9. The Labute approximate surface area is 364 Å². The van der Waals surface area contributed by atoms with Gasteiger partial charge in [-0.25, -0.2) is 0 Å². The standard InChI is InChI=1S/C48H95N9O2/c1-16-22-29-53(30-23-17-2)42-49-43(54(31-24-18-3)32-25-19-4)51-44(50-42)55(41-38-47(11,12)57(59-35-21-6)48(13,14)39-41)33-27-26-28-52(15)40-36-45(7,8)56(58-34-20-5)46(9,10)37-40/h40-41H,16-39H2,1-15H3. The first-order valence-electron chi connectivity index (χ1n) is 24.5. The normalized spacial score (nSPS) is 19.7. The fourth-order valence-corrected chi connectivity index (χ4v) is 10.1. The van der Waals surface area contributed by atoms with Crippen LogP contribution < -0.4 is 14.7 Å². The highest BCUT2D eigenvalue weighted by Gasteiger charge is 2.49. The van der Waals surface area contributed by atoms with Crippen LogP contribution in [0.4, 0.5) is 17.8 Å². The predicted molar refractivity (Wildman–Crippen MR) is 252 cm³/mol. The van der Waals surface area contributed by atoms with Crippen molar-refractivity contribution in [3.8, 4) is 0 Å². The molecule has 0 N–H and O–H groups in total. The zero-order valence-electron chi connectivity index (χ0n) is 41.5. The Hall–Kier alpha value is -1.79. The molecule has 1 aromatic rings. The van der Waals surface area contributed by atoms with Crippen molar-refractivity contribution in [2.24, 2.45) is 0 Å². The highest BCUT2D eigenvalue weighted by Crippen LogP contribution is 2.43. The zero-order valence-corrected chi connectivity index (χ0v) is 41.5. The van der Waals surface area contributed by atoms with Gasteiger partial charge in [-0.15, -0.1) is 0 Å². The molecule has 3 heterocycles. The van der Waals surface area contributed by atoms with Crippen LogP contribution >= 0.6 is 0 Å². The van der Waals surface area contributed by atoms with Crippen LogP contribution in [0.25, 0.3) is 0 Å². The molecule has 344 valence electrons. The Morgan fingerprint density at radius 3 is 1.15 bits per heavy atom. The summed E-state index contributed by atoms with van der Waals surface area (Å²) in [5, 5.41) is 4.62. The Kier molecular flexibility index (Phi) is 21.1. The first-order chi connectivity index (χ1) is 27.9. The molecule has 59 heavy (non-hydrogen) atoms. The topological polar surface area (TPSA) is 76.6 Å². The highest BCUT2D eigenvalue weighted by atomic mass is 16.7. The lowest BCUT2D eigenvalue weighted by Gasteiger charge is -2.55. The number of aromatic nitrogens is 3. The number of hydroxylamine groups is 4.